The predicted octanol–water partition coefficient (Wildman–Crippen LogP) is 4.91. The number of nitrogen functional groups attached to an aromatic ring is 1. The van der Waals surface area contributed by atoms with Gasteiger partial charge in [-0.25, -0.2) is 22.2 Å². The Morgan fingerprint density at radius 2 is 1.82 bits per heavy atom. The topological polar surface area (TPSA) is 129 Å². The monoisotopic (exact) mass is 540 g/mol. The van der Waals surface area contributed by atoms with Gasteiger partial charge in [0.05, 0.1) is 22.3 Å². The van der Waals surface area contributed by atoms with Crippen LogP contribution in [0.1, 0.15) is 49.7 Å². The normalized spacial score (nSPS) is 18.1. The lowest BCUT2D eigenvalue weighted by Crippen LogP contribution is -2.26. The lowest BCUT2D eigenvalue weighted by atomic mass is 9.82. The Morgan fingerprint density at radius 1 is 1.08 bits per heavy atom. The number of pyridine rings is 1. The summed E-state index contributed by atoms with van der Waals surface area (Å²) in [5, 5.41) is 5.39. The molecule has 2 heterocycles. The Bertz CT molecular complexity index is 1600. The first-order chi connectivity index (χ1) is 18.2. The number of nitrogens with two attached hydrogens (primary N) is 2. The molecule has 0 bridgehead atoms. The van der Waals surface area contributed by atoms with Crippen LogP contribution in [0, 0.1) is 11.6 Å². The molecule has 0 amide bonds. The predicted molar refractivity (Wildman–Crippen MR) is 145 cm³/mol. The zero-order valence-corrected chi connectivity index (χ0v) is 21.8. The van der Waals surface area contributed by atoms with Crippen LogP contribution in [0.5, 0.6) is 0 Å². The van der Waals surface area contributed by atoms with Crippen LogP contribution in [0.3, 0.4) is 0 Å². The van der Waals surface area contributed by atoms with Gasteiger partial charge in [0, 0.05) is 29.9 Å². The fourth-order valence-corrected chi connectivity index (χ4v) is 6.41. The Balaban J connectivity index is 1.49. The van der Waals surface area contributed by atoms with Gasteiger partial charge in [-0.2, -0.15) is 5.10 Å². The minimum atomic E-state index is -4.06. The number of sulfonamides is 1. The molecular formula is C27H30F2N6O2S. The van der Waals surface area contributed by atoms with E-state index >= 15 is 4.39 Å². The van der Waals surface area contributed by atoms with Crippen molar-refractivity contribution in [2.75, 3.05) is 10.5 Å². The molecule has 0 saturated heterocycles. The molecule has 0 unspecified atom stereocenters. The number of hydrogen-bond acceptors (Lipinski definition) is 6. The summed E-state index contributed by atoms with van der Waals surface area (Å²) in [5.74, 6) is -1.48. The van der Waals surface area contributed by atoms with Gasteiger partial charge >= 0.3 is 0 Å². The fraction of sp³-hybridized carbons (Fsp3) is 0.333. The summed E-state index contributed by atoms with van der Waals surface area (Å²) in [7, 11) is -4.06. The summed E-state index contributed by atoms with van der Waals surface area (Å²) < 4.78 is 58.4. The average molecular weight is 541 g/mol. The molecule has 4 aromatic rings. The highest BCUT2D eigenvalue weighted by molar-refractivity contribution is 7.91. The van der Waals surface area contributed by atoms with Crippen LogP contribution in [0.4, 0.5) is 20.3 Å². The number of benzene rings is 2. The van der Waals surface area contributed by atoms with E-state index in [9.17, 15) is 12.8 Å². The molecule has 1 saturated carbocycles. The van der Waals surface area contributed by atoms with Gasteiger partial charge in [-0.15, -0.1) is 0 Å². The van der Waals surface area contributed by atoms with Gasteiger partial charge in [0.25, 0.3) is 0 Å². The third-order valence-electron chi connectivity index (χ3n) is 7.15. The lowest BCUT2D eigenvalue weighted by molar-refractivity contribution is 0.395. The summed E-state index contributed by atoms with van der Waals surface area (Å²) in [6, 6.07) is 9.89. The van der Waals surface area contributed by atoms with Crippen LogP contribution in [0.25, 0.3) is 22.2 Å². The zero-order chi connectivity index (χ0) is 27.0. The summed E-state index contributed by atoms with van der Waals surface area (Å²) in [6.07, 6.45) is 5.57. The number of rotatable bonds is 7. The first-order valence-electron chi connectivity index (χ1n) is 12.6. The number of aromatic nitrogens is 3. The van der Waals surface area contributed by atoms with Crippen molar-refractivity contribution < 1.29 is 17.2 Å². The molecule has 0 aliphatic heterocycles. The Hall–Kier alpha value is -3.57. The molecule has 8 nitrogen and oxygen atoms in total. The zero-order valence-electron chi connectivity index (χ0n) is 21.0. The highest BCUT2D eigenvalue weighted by atomic mass is 32.2. The number of nitrogens with one attached hydrogen (secondary N) is 1. The number of fused-ring (bicyclic) bond motifs is 1. The smallest absolute Gasteiger partial charge is 0.237 e. The van der Waals surface area contributed by atoms with Crippen LogP contribution in [-0.2, 0) is 22.3 Å². The largest absolute Gasteiger partial charge is 0.383 e. The van der Waals surface area contributed by atoms with Crippen molar-refractivity contribution in [3.8, 4) is 11.3 Å². The van der Waals surface area contributed by atoms with E-state index in [4.69, 9.17) is 16.6 Å². The van der Waals surface area contributed by atoms with Crippen molar-refractivity contribution in [3.63, 3.8) is 0 Å². The highest BCUT2D eigenvalue weighted by Crippen LogP contribution is 2.40. The number of hydrogen-bond donors (Lipinski definition) is 3. The molecule has 0 radical (unpaired) electrons. The van der Waals surface area contributed by atoms with Crippen LogP contribution in [0.15, 0.2) is 48.7 Å². The minimum absolute atomic E-state index is 0.00710. The molecular weight excluding hydrogens is 510 g/mol. The molecule has 2 aromatic carbocycles. The third-order valence-corrected chi connectivity index (χ3v) is 8.37. The van der Waals surface area contributed by atoms with Crippen LogP contribution < -0.4 is 16.2 Å². The molecule has 1 fully saturated rings. The second-order valence-corrected chi connectivity index (χ2v) is 11.5. The Kier molecular flexibility index (Phi) is 7.06. The molecule has 2 aromatic heterocycles. The second kappa shape index (κ2) is 10.3. The van der Waals surface area contributed by atoms with E-state index in [1.54, 1.807) is 6.07 Å². The standard InChI is InChI=1S/C27H30F2N6O2S/c1-2-35-26-20(16-7-10-19(30)11-8-16)14-32-27(31)24(26)25(33-35)17-9-12-23(22(29)13-17)34-38(36,37)15-18-5-3-4-6-21(18)28/h3-6,9,12-14,16,19,34H,2,7-8,10-11,15,30H2,1H3,(H2,31,32)/t16-,19-. The molecule has 5 rings (SSSR count). The molecule has 38 heavy (non-hydrogen) atoms. The number of aryl methyl sites for hydroxylation is 1. The van der Waals surface area contributed by atoms with E-state index in [1.165, 1.54) is 36.4 Å². The summed E-state index contributed by atoms with van der Waals surface area (Å²) in [6.45, 7) is 2.55. The maximum atomic E-state index is 15.2. The quantitative estimate of drug-likeness (QED) is 0.306. The number of nitrogens with zero attached hydrogens (tertiary/aromatic N) is 3. The van der Waals surface area contributed by atoms with E-state index < -0.39 is 27.4 Å². The van der Waals surface area contributed by atoms with Crippen molar-refractivity contribution in [1.29, 1.82) is 0 Å². The summed E-state index contributed by atoms with van der Waals surface area (Å²) >= 11 is 0. The van der Waals surface area contributed by atoms with Gasteiger partial charge in [0.2, 0.25) is 10.0 Å². The molecule has 5 N–H and O–H groups in total. The van der Waals surface area contributed by atoms with Gasteiger partial charge in [-0.05, 0) is 62.3 Å². The molecule has 1 aliphatic carbocycles. The van der Waals surface area contributed by atoms with E-state index in [-0.39, 0.29) is 23.2 Å². The lowest BCUT2D eigenvalue weighted by Gasteiger charge is -2.27. The van der Waals surface area contributed by atoms with Crippen LogP contribution in [0.2, 0.25) is 0 Å². The Labute approximate surface area is 220 Å². The van der Waals surface area contributed by atoms with Crippen LogP contribution in [-0.4, -0.2) is 29.2 Å². The van der Waals surface area contributed by atoms with Crippen molar-refractivity contribution in [3.05, 3.63) is 71.4 Å². The maximum Gasteiger partial charge on any atom is 0.237 e. The molecule has 0 atom stereocenters. The summed E-state index contributed by atoms with van der Waals surface area (Å²) in [4.78, 5) is 4.45. The highest BCUT2D eigenvalue weighted by Gasteiger charge is 2.27. The molecule has 0 spiro atoms. The fourth-order valence-electron chi connectivity index (χ4n) is 5.19. The van der Waals surface area contributed by atoms with Gasteiger partial charge in [0.15, 0.2) is 0 Å². The maximum absolute atomic E-state index is 15.2. The first-order valence-corrected chi connectivity index (χ1v) is 14.3. The average Bonchev–Trinajstić information content (AvgIpc) is 3.28. The Morgan fingerprint density at radius 3 is 2.50 bits per heavy atom. The van der Waals surface area contributed by atoms with Crippen LogP contribution >= 0.6 is 0 Å². The van der Waals surface area contributed by atoms with E-state index in [0.29, 0.717) is 29.0 Å². The number of halogens is 2. The van der Waals surface area contributed by atoms with Crippen molar-refractivity contribution >= 4 is 32.4 Å². The third kappa shape index (κ3) is 5.08. The van der Waals surface area contributed by atoms with Gasteiger partial charge in [-0.1, -0.05) is 24.3 Å². The van der Waals surface area contributed by atoms with Crippen molar-refractivity contribution in [2.24, 2.45) is 5.73 Å². The second-order valence-electron chi connectivity index (χ2n) is 9.75. The van der Waals surface area contributed by atoms with E-state index in [0.717, 1.165) is 36.8 Å². The van der Waals surface area contributed by atoms with E-state index in [1.807, 2.05) is 17.8 Å². The number of anilines is 2. The summed E-state index contributed by atoms with van der Waals surface area (Å²) in [5.41, 5.74) is 15.0. The molecule has 11 heteroatoms. The van der Waals surface area contributed by atoms with Gasteiger partial charge in [-0.3, -0.25) is 9.40 Å². The van der Waals surface area contributed by atoms with Crippen molar-refractivity contribution in [1.82, 2.24) is 14.8 Å². The van der Waals surface area contributed by atoms with Crippen molar-refractivity contribution in [2.45, 2.75) is 56.9 Å². The van der Waals surface area contributed by atoms with Gasteiger partial charge in [0.1, 0.15) is 23.1 Å². The first kappa shape index (κ1) is 26.1. The van der Waals surface area contributed by atoms with E-state index in [2.05, 4.69) is 9.71 Å². The molecule has 200 valence electrons. The SMILES string of the molecule is CCn1nc(-c2ccc(NS(=O)(=O)Cc3ccccc3F)c(F)c2)c2c(N)ncc([C@H]3CC[C@H](N)CC3)c21. The van der Waals surface area contributed by atoms with Gasteiger partial charge < -0.3 is 11.5 Å². The minimum Gasteiger partial charge on any atom is -0.383 e. The molecule has 1 aliphatic rings.